The van der Waals surface area contributed by atoms with Gasteiger partial charge in [0, 0.05) is 18.3 Å². The van der Waals surface area contributed by atoms with E-state index < -0.39 is 0 Å². The number of rotatable bonds is 6. The minimum atomic E-state index is -0.352. The third-order valence-corrected chi connectivity index (χ3v) is 6.99. The van der Waals surface area contributed by atoms with Gasteiger partial charge in [0.15, 0.2) is 0 Å². The highest BCUT2D eigenvalue weighted by Gasteiger charge is 2.35. The molecular formula is C24H20ClFN4O2S. The van der Waals surface area contributed by atoms with Crippen LogP contribution in [-0.4, -0.2) is 43.0 Å². The minimum Gasteiger partial charge on any atom is -0.508 e. The fraction of sp³-hybridized carbons (Fsp3) is 0.167. The van der Waals surface area contributed by atoms with Gasteiger partial charge in [0.25, 0.3) is 0 Å². The van der Waals surface area contributed by atoms with Crippen molar-refractivity contribution in [2.45, 2.75) is 11.8 Å². The van der Waals surface area contributed by atoms with Gasteiger partial charge >= 0.3 is 0 Å². The smallest absolute Gasteiger partial charge is 0.233 e. The molecule has 0 saturated carbocycles. The number of nitrogens with one attached hydrogen (secondary N) is 1. The predicted octanol–water partition coefficient (Wildman–Crippen LogP) is 5.18. The van der Waals surface area contributed by atoms with Gasteiger partial charge in [-0.05, 0) is 54.4 Å². The Balaban J connectivity index is 1.50. The summed E-state index contributed by atoms with van der Waals surface area (Å²) in [6, 6.07) is 16.8. The van der Waals surface area contributed by atoms with Crippen LogP contribution in [0.2, 0.25) is 5.15 Å². The van der Waals surface area contributed by atoms with E-state index in [2.05, 4.69) is 4.98 Å². The molecule has 2 N–H and O–H groups in total. The fourth-order valence-corrected chi connectivity index (χ4v) is 5.29. The van der Waals surface area contributed by atoms with Gasteiger partial charge < -0.3 is 15.0 Å². The number of phenolic OH excluding ortho intramolecular Hbond substituents is 1. The SMILES string of the molecule is O=C1CS[C@H](c2cn(-c3cccc(F)c3)nc2-c2ccc(Cl)[nH]2)N1CCc1ccc(O)cc1. The number of benzene rings is 2. The molecule has 0 radical (unpaired) electrons. The zero-order valence-corrected chi connectivity index (χ0v) is 19.0. The topological polar surface area (TPSA) is 74.2 Å². The van der Waals surface area contributed by atoms with Gasteiger partial charge in [0.1, 0.15) is 27.8 Å². The Morgan fingerprint density at radius 1 is 1.18 bits per heavy atom. The number of aromatic amines is 1. The molecule has 5 rings (SSSR count). The highest BCUT2D eigenvalue weighted by atomic mass is 35.5. The Kier molecular flexibility index (Phi) is 5.86. The lowest BCUT2D eigenvalue weighted by atomic mass is 10.1. The van der Waals surface area contributed by atoms with Crippen molar-refractivity contribution in [3.05, 3.63) is 89.0 Å². The Morgan fingerprint density at radius 2 is 2.00 bits per heavy atom. The first-order chi connectivity index (χ1) is 16.0. The van der Waals surface area contributed by atoms with Crippen LogP contribution in [-0.2, 0) is 11.2 Å². The number of halogens is 2. The lowest BCUT2D eigenvalue weighted by Gasteiger charge is -2.24. The molecule has 1 saturated heterocycles. The molecule has 2 aromatic heterocycles. The van der Waals surface area contributed by atoms with Crippen LogP contribution in [0.1, 0.15) is 16.5 Å². The van der Waals surface area contributed by atoms with E-state index in [4.69, 9.17) is 16.7 Å². The number of aromatic hydroxyl groups is 1. The molecule has 6 nitrogen and oxygen atoms in total. The number of H-pyrrole nitrogens is 1. The normalized spacial score (nSPS) is 16.0. The molecule has 3 heterocycles. The number of hydrogen-bond donors (Lipinski definition) is 2. The van der Waals surface area contributed by atoms with Crippen LogP contribution >= 0.6 is 23.4 Å². The Morgan fingerprint density at radius 3 is 2.73 bits per heavy atom. The summed E-state index contributed by atoms with van der Waals surface area (Å²) >= 11 is 7.66. The number of phenols is 1. The highest BCUT2D eigenvalue weighted by Crippen LogP contribution is 2.42. The second-order valence-electron chi connectivity index (χ2n) is 7.74. The van der Waals surface area contributed by atoms with Gasteiger partial charge in [0.2, 0.25) is 5.91 Å². The number of carbonyl (C=O) groups excluding carboxylic acids is 1. The molecule has 0 spiro atoms. The van der Waals surface area contributed by atoms with E-state index in [0.717, 1.165) is 16.8 Å². The van der Waals surface area contributed by atoms with E-state index in [-0.39, 0.29) is 22.8 Å². The first-order valence-electron chi connectivity index (χ1n) is 10.4. The summed E-state index contributed by atoms with van der Waals surface area (Å²) in [5, 5.41) is 14.5. The largest absolute Gasteiger partial charge is 0.508 e. The lowest BCUT2D eigenvalue weighted by Crippen LogP contribution is -2.30. The van der Waals surface area contributed by atoms with Crippen LogP contribution in [0, 0.1) is 5.82 Å². The standard InChI is InChI=1S/C24H20ClFN4O2S/c25-21-9-8-20(27-21)23-19(13-30(28-23)17-3-1-2-16(26)12-17)24-29(22(32)14-33-24)11-10-15-4-6-18(31)7-5-15/h1-9,12-13,24,27,31H,10-11,14H2/t24-/m1/s1. The van der Waals surface area contributed by atoms with Crippen molar-refractivity contribution in [1.82, 2.24) is 19.7 Å². The summed E-state index contributed by atoms with van der Waals surface area (Å²) in [7, 11) is 0. The van der Waals surface area contributed by atoms with E-state index in [0.29, 0.717) is 35.3 Å². The number of thioether (sulfide) groups is 1. The molecule has 4 aromatic rings. The molecule has 1 atom stereocenters. The maximum Gasteiger partial charge on any atom is 0.233 e. The van der Waals surface area contributed by atoms with E-state index >= 15 is 0 Å². The fourth-order valence-electron chi connectivity index (χ4n) is 3.90. The van der Waals surface area contributed by atoms with Crippen molar-refractivity contribution < 1.29 is 14.3 Å². The summed E-state index contributed by atoms with van der Waals surface area (Å²) in [6.07, 6.45) is 2.51. The monoisotopic (exact) mass is 482 g/mol. The summed E-state index contributed by atoms with van der Waals surface area (Å²) in [5.41, 5.74) is 3.85. The molecule has 0 unspecified atom stereocenters. The molecule has 2 aromatic carbocycles. The molecule has 0 bridgehead atoms. The van der Waals surface area contributed by atoms with Crippen LogP contribution in [0.15, 0.2) is 66.9 Å². The van der Waals surface area contributed by atoms with Crippen molar-refractivity contribution in [1.29, 1.82) is 0 Å². The van der Waals surface area contributed by atoms with Crippen LogP contribution in [0.5, 0.6) is 5.75 Å². The molecule has 33 heavy (non-hydrogen) atoms. The molecular weight excluding hydrogens is 463 g/mol. The zero-order valence-electron chi connectivity index (χ0n) is 17.4. The zero-order chi connectivity index (χ0) is 22.9. The number of nitrogens with zero attached hydrogens (tertiary/aromatic N) is 3. The Bertz CT molecular complexity index is 1300. The second kappa shape index (κ2) is 8.96. The molecule has 168 valence electrons. The van der Waals surface area contributed by atoms with Crippen molar-refractivity contribution in [2.75, 3.05) is 12.3 Å². The summed E-state index contributed by atoms with van der Waals surface area (Å²) in [5.74, 6) is 0.284. The number of carbonyl (C=O) groups is 1. The minimum absolute atomic E-state index is 0.0535. The summed E-state index contributed by atoms with van der Waals surface area (Å²) < 4.78 is 15.5. The van der Waals surface area contributed by atoms with Gasteiger partial charge in [-0.3, -0.25) is 4.79 Å². The average molecular weight is 483 g/mol. The number of aromatic nitrogens is 3. The quantitative estimate of drug-likeness (QED) is 0.397. The first kappa shape index (κ1) is 21.6. The Labute approximate surface area is 199 Å². The molecule has 0 aliphatic carbocycles. The van der Waals surface area contributed by atoms with Gasteiger partial charge in [-0.1, -0.05) is 29.8 Å². The third-order valence-electron chi connectivity index (χ3n) is 5.53. The van der Waals surface area contributed by atoms with E-state index in [1.165, 1.54) is 23.9 Å². The Hall–Kier alpha value is -3.23. The van der Waals surface area contributed by atoms with Gasteiger partial charge in [-0.15, -0.1) is 11.8 Å². The third kappa shape index (κ3) is 4.49. The summed E-state index contributed by atoms with van der Waals surface area (Å²) in [4.78, 5) is 17.7. The predicted molar refractivity (Wildman–Crippen MR) is 127 cm³/mol. The second-order valence-corrected chi connectivity index (χ2v) is 9.22. The molecule has 9 heteroatoms. The van der Waals surface area contributed by atoms with E-state index in [1.807, 2.05) is 29.3 Å². The maximum absolute atomic E-state index is 13.8. The van der Waals surface area contributed by atoms with Crippen molar-refractivity contribution in [3.63, 3.8) is 0 Å². The highest BCUT2D eigenvalue weighted by molar-refractivity contribution is 8.00. The molecule has 1 amide bonds. The van der Waals surface area contributed by atoms with Crippen molar-refractivity contribution in [2.24, 2.45) is 0 Å². The van der Waals surface area contributed by atoms with Crippen LogP contribution in [0.25, 0.3) is 17.1 Å². The number of hydrogen-bond acceptors (Lipinski definition) is 4. The van der Waals surface area contributed by atoms with Crippen LogP contribution in [0.4, 0.5) is 4.39 Å². The van der Waals surface area contributed by atoms with Gasteiger partial charge in [-0.2, -0.15) is 5.10 Å². The number of amides is 1. The average Bonchev–Trinajstić information content (AvgIpc) is 3.51. The van der Waals surface area contributed by atoms with Crippen molar-refractivity contribution in [3.8, 4) is 22.8 Å². The molecule has 1 fully saturated rings. The first-order valence-corrected chi connectivity index (χ1v) is 11.8. The van der Waals surface area contributed by atoms with Crippen molar-refractivity contribution >= 4 is 29.3 Å². The summed E-state index contributed by atoms with van der Waals surface area (Å²) in [6.45, 7) is 0.525. The lowest BCUT2D eigenvalue weighted by molar-refractivity contribution is -0.128. The molecule has 1 aliphatic heterocycles. The van der Waals surface area contributed by atoms with Crippen LogP contribution < -0.4 is 0 Å². The van der Waals surface area contributed by atoms with E-state index in [1.54, 1.807) is 35.0 Å². The maximum atomic E-state index is 13.8. The van der Waals surface area contributed by atoms with E-state index in [9.17, 15) is 14.3 Å². The van der Waals surface area contributed by atoms with Gasteiger partial charge in [0.05, 0.1) is 17.1 Å². The van der Waals surface area contributed by atoms with Gasteiger partial charge in [-0.25, -0.2) is 9.07 Å². The van der Waals surface area contributed by atoms with Crippen LogP contribution in [0.3, 0.4) is 0 Å². The molecule has 1 aliphatic rings.